The molecule has 1 aromatic heterocycles. The Morgan fingerprint density at radius 3 is 2.81 bits per heavy atom. The summed E-state index contributed by atoms with van der Waals surface area (Å²) in [7, 11) is 0. The van der Waals surface area contributed by atoms with Gasteiger partial charge in [0.25, 0.3) is 0 Å². The van der Waals surface area contributed by atoms with Crippen molar-refractivity contribution in [2.75, 3.05) is 13.1 Å². The molecule has 16 heavy (non-hydrogen) atoms. The summed E-state index contributed by atoms with van der Waals surface area (Å²) in [4.78, 5) is 22.8. The highest BCUT2D eigenvalue weighted by atomic mass is 32.1. The maximum absolute atomic E-state index is 11.3. The number of nitrogens with two attached hydrogens (primary N) is 1. The molecule has 0 aliphatic carbocycles. The van der Waals surface area contributed by atoms with E-state index in [-0.39, 0.29) is 0 Å². The number of rotatable bonds is 5. The number of carboxylic acids is 1. The molecule has 0 spiro atoms. The van der Waals surface area contributed by atoms with Gasteiger partial charge in [-0.15, -0.1) is 11.3 Å². The molecule has 0 saturated heterocycles. The maximum Gasteiger partial charge on any atom is 0.331 e. The van der Waals surface area contributed by atoms with Crippen LogP contribution in [0.2, 0.25) is 0 Å². The van der Waals surface area contributed by atoms with Gasteiger partial charge in [0.1, 0.15) is 0 Å². The van der Waals surface area contributed by atoms with Gasteiger partial charge in [0, 0.05) is 18.0 Å². The van der Waals surface area contributed by atoms with Gasteiger partial charge in [0.05, 0.1) is 0 Å². The normalized spacial score (nSPS) is 11.8. The van der Waals surface area contributed by atoms with Gasteiger partial charge in [0.2, 0.25) is 0 Å². The molecule has 5 N–H and O–H groups in total. The van der Waals surface area contributed by atoms with Crippen LogP contribution < -0.4 is 16.4 Å². The van der Waals surface area contributed by atoms with Crippen LogP contribution in [0.3, 0.4) is 0 Å². The third-order valence-corrected chi connectivity index (χ3v) is 2.72. The van der Waals surface area contributed by atoms with E-state index in [1.807, 2.05) is 0 Å². The quantitative estimate of drug-likeness (QED) is 0.590. The molecule has 1 aromatic rings. The van der Waals surface area contributed by atoms with Crippen LogP contribution >= 0.6 is 11.3 Å². The standard InChI is InChI=1S/C9H13N3O3S/c10-3-4-11-9(15)12-7(8(13)14)6-2-1-5-16-6/h1-2,5,7H,3-4,10H2,(H,13,14)(H2,11,12,15). The summed E-state index contributed by atoms with van der Waals surface area (Å²) < 4.78 is 0. The first-order valence-electron chi connectivity index (χ1n) is 4.65. The van der Waals surface area contributed by atoms with Crippen molar-refractivity contribution < 1.29 is 14.7 Å². The largest absolute Gasteiger partial charge is 0.479 e. The molecule has 1 rings (SSSR count). The van der Waals surface area contributed by atoms with E-state index in [1.165, 1.54) is 11.3 Å². The fraction of sp³-hybridized carbons (Fsp3) is 0.333. The van der Waals surface area contributed by atoms with Crippen molar-refractivity contribution in [1.82, 2.24) is 10.6 Å². The van der Waals surface area contributed by atoms with Crippen molar-refractivity contribution >= 4 is 23.3 Å². The van der Waals surface area contributed by atoms with Crippen LogP contribution in [0.4, 0.5) is 4.79 Å². The highest BCUT2D eigenvalue weighted by Crippen LogP contribution is 2.18. The molecule has 0 aliphatic heterocycles. The molecule has 0 saturated carbocycles. The van der Waals surface area contributed by atoms with Crippen molar-refractivity contribution in [2.24, 2.45) is 5.73 Å². The second-order valence-electron chi connectivity index (χ2n) is 2.98. The second-order valence-corrected chi connectivity index (χ2v) is 3.95. The van der Waals surface area contributed by atoms with Crippen LogP contribution in [0.5, 0.6) is 0 Å². The van der Waals surface area contributed by atoms with Crippen LogP contribution in [0.1, 0.15) is 10.9 Å². The maximum atomic E-state index is 11.3. The molecule has 7 heteroatoms. The van der Waals surface area contributed by atoms with E-state index >= 15 is 0 Å². The Hall–Kier alpha value is -1.60. The first-order valence-corrected chi connectivity index (χ1v) is 5.53. The zero-order valence-corrected chi connectivity index (χ0v) is 9.29. The molecule has 88 valence electrons. The minimum atomic E-state index is -1.09. The average Bonchev–Trinajstić information content (AvgIpc) is 2.75. The van der Waals surface area contributed by atoms with E-state index in [9.17, 15) is 9.59 Å². The Labute approximate surface area is 96.5 Å². The van der Waals surface area contributed by atoms with E-state index in [1.54, 1.807) is 17.5 Å². The summed E-state index contributed by atoms with van der Waals surface area (Å²) in [6.07, 6.45) is 0. The zero-order valence-electron chi connectivity index (χ0n) is 8.47. The van der Waals surface area contributed by atoms with Gasteiger partial charge in [-0.05, 0) is 11.4 Å². The molecule has 0 radical (unpaired) electrons. The van der Waals surface area contributed by atoms with Crippen LogP contribution in [0.25, 0.3) is 0 Å². The number of carbonyl (C=O) groups is 2. The highest BCUT2D eigenvalue weighted by Gasteiger charge is 2.22. The van der Waals surface area contributed by atoms with Gasteiger partial charge in [0.15, 0.2) is 6.04 Å². The number of aliphatic carboxylic acids is 1. The third kappa shape index (κ3) is 3.52. The van der Waals surface area contributed by atoms with Gasteiger partial charge >= 0.3 is 12.0 Å². The first kappa shape index (κ1) is 12.5. The Kier molecular flexibility index (Phi) is 4.74. The van der Waals surface area contributed by atoms with Crippen molar-refractivity contribution in [3.63, 3.8) is 0 Å². The lowest BCUT2D eigenvalue weighted by Gasteiger charge is -2.13. The molecule has 1 unspecified atom stereocenters. The predicted molar refractivity (Wildman–Crippen MR) is 60.3 cm³/mol. The number of hydrogen-bond acceptors (Lipinski definition) is 4. The molecule has 1 atom stereocenters. The summed E-state index contributed by atoms with van der Waals surface area (Å²) in [5.74, 6) is -1.09. The SMILES string of the molecule is NCCNC(=O)NC(C(=O)O)c1cccs1. The lowest BCUT2D eigenvalue weighted by atomic mass is 10.2. The average molecular weight is 243 g/mol. The first-order chi connectivity index (χ1) is 7.65. The number of amides is 2. The predicted octanol–water partition coefficient (Wildman–Crippen LogP) is 0.132. The van der Waals surface area contributed by atoms with E-state index in [4.69, 9.17) is 10.8 Å². The molecule has 0 fully saturated rings. The smallest absolute Gasteiger partial charge is 0.331 e. The minimum absolute atomic E-state index is 0.308. The third-order valence-electron chi connectivity index (χ3n) is 1.78. The van der Waals surface area contributed by atoms with Gasteiger partial charge < -0.3 is 21.5 Å². The molecular weight excluding hydrogens is 230 g/mol. The van der Waals surface area contributed by atoms with Crippen molar-refractivity contribution in [3.05, 3.63) is 22.4 Å². The number of nitrogens with one attached hydrogen (secondary N) is 2. The summed E-state index contributed by atoms with van der Waals surface area (Å²) in [5.41, 5.74) is 5.21. The number of hydrogen-bond donors (Lipinski definition) is 4. The van der Waals surface area contributed by atoms with Gasteiger partial charge in [-0.2, -0.15) is 0 Å². The highest BCUT2D eigenvalue weighted by molar-refractivity contribution is 7.10. The monoisotopic (exact) mass is 243 g/mol. The molecule has 1 heterocycles. The Morgan fingerprint density at radius 1 is 1.56 bits per heavy atom. The van der Waals surface area contributed by atoms with Crippen molar-refractivity contribution in [3.8, 4) is 0 Å². The van der Waals surface area contributed by atoms with E-state index in [0.29, 0.717) is 18.0 Å². The fourth-order valence-corrected chi connectivity index (χ4v) is 1.85. The summed E-state index contributed by atoms with van der Waals surface area (Å²) in [6.45, 7) is 0.618. The minimum Gasteiger partial charge on any atom is -0.479 e. The zero-order chi connectivity index (χ0) is 12.0. The molecular formula is C9H13N3O3S. The summed E-state index contributed by atoms with van der Waals surface area (Å²) in [5, 5.41) is 15.5. The molecule has 0 aromatic carbocycles. The Bertz CT molecular complexity index is 353. The Morgan fingerprint density at radius 2 is 2.31 bits per heavy atom. The van der Waals surface area contributed by atoms with Gasteiger partial charge in [-0.3, -0.25) is 0 Å². The molecule has 0 aliphatic rings. The number of carbonyl (C=O) groups excluding carboxylic acids is 1. The Balaban J connectivity index is 2.59. The van der Waals surface area contributed by atoms with E-state index in [0.717, 1.165) is 0 Å². The second kappa shape index (κ2) is 6.09. The van der Waals surface area contributed by atoms with Gasteiger partial charge in [-0.1, -0.05) is 6.07 Å². The molecule has 0 bridgehead atoms. The summed E-state index contributed by atoms with van der Waals surface area (Å²) in [6, 6.07) is 1.84. The van der Waals surface area contributed by atoms with Crippen LogP contribution in [-0.2, 0) is 4.79 Å². The number of thiophene rings is 1. The van der Waals surface area contributed by atoms with Crippen LogP contribution in [0.15, 0.2) is 17.5 Å². The number of urea groups is 1. The van der Waals surface area contributed by atoms with Crippen LogP contribution in [0, 0.1) is 0 Å². The van der Waals surface area contributed by atoms with Crippen molar-refractivity contribution in [1.29, 1.82) is 0 Å². The fourth-order valence-electron chi connectivity index (χ4n) is 1.08. The van der Waals surface area contributed by atoms with Gasteiger partial charge in [-0.25, -0.2) is 9.59 Å². The lowest BCUT2D eigenvalue weighted by molar-refractivity contribution is -0.139. The topological polar surface area (TPSA) is 104 Å². The van der Waals surface area contributed by atoms with E-state index < -0.39 is 18.0 Å². The summed E-state index contributed by atoms with van der Waals surface area (Å²) >= 11 is 1.28. The number of carboxylic acid groups (broad SMARTS) is 1. The molecule has 6 nitrogen and oxygen atoms in total. The molecule has 2 amide bonds. The lowest BCUT2D eigenvalue weighted by Crippen LogP contribution is -2.42. The van der Waals surface area contributed by atoms with Crippen molar-refractivity contribution in [2.45, 2.75) is 6.04 Å². The van der Waals surface area contributed by atoms with Crippen LogP contribution in [-0.4, -0.2) is 30.2 Å². The van der Waals surface area contributed by atoms with E-state index in [2.05, 4.69) is 10.6 Å².